The molecule has 0 aliphatic rings. The number of aromatic hydroxyl groups is 1. The molecule has 0 spiro atoms. The van der Waals surface area contributed by atoms with Crippen LogP contribution in [0.5, 0.6) is 5.75 Å². The number of carbonyl (C=O) groups is 3. The van der Waals surface area contributed by atoms with Crippen molar-refractivity contribution in [2.75, 3.05) is 11.9 Å². The van der Waals surface area contributed by atoms with Crippen molar-refractivity contribution in [2.45, 2.75) is 72.6 Å². The number of benzene rings is 3. The van der Waals surface area contributed by atoms with Crippen molar-refractivity contribution in [3.05, 3.63) is 94.0 Å². The van der Waals surface area contributed by atoms with Crippen LogP contribution >= 0.6 is 0 Å². The first kappa shape index (κ1) is 32.7. The van der Waals surface area contributed by atoms with E-state index in [0.717, 1.165) is 22.3 Å². The molecule has 0 fully saturated rings. The lowest BCUT2D eigenvalue weighted by molar-refractivity contribution is -0.140. The molecule has 3 rings (SSSR count). The molecule has 0 radical (unpaired) electrons. The molecule has 3 aromatic carbocycles. The first-order chi connectivity index (χ1) is 20.2. The van der Waals surface area contributed by atoms with Crippen molar-refractivity contribution >= 4 is 23.6 Å². The van der Waals surface area contributed by atoms with Crippen LogP contribution < -0.4 is 10.6 Å². The number of rotatable bonds is 9. The predicted molar refractivity (Wildman–Crippen MR) is 165 cm³/mol. The molecule has 0 bridgehead atoms. The van der Waals surface area contributed by atoms with Crippen LogP contribution in [-0.4, -0.2) is 46.1 Å². The number of hydrogen-bond donors (Lipinski definition) is 3. The van der Waals surface area contributed by atoms with E-state index in [1.54, 1.807) is 32.9 Å². The number of nitrogens with one attached hydrogen (secondary N) is 2. The number of ether oxygens (including phenoxy) is 1. The van der Waals surface area contributed by atoms with E-state index in [0.29, 0.717) is 16.8 Å². The summed E-state index contributed by atoms with van der Waals surface area (Å²) in [5.41, 5.74) is 4.28. The van der Waals surface area contributed by atoms with E-state index in [4.69, 9.17) is 4.74 Å². The Hall–Kier alpha value is -4.84. The van der Waals surface area contributed by atoms with Crippen molar-refractivity contribution < 1.29 is 24.2 Å². The molecule has 9 nitrogen and oxygen atoms in total. The second-order valence-corrected chi connectivity index (χ2v) is 11.7. The van der Waals surface area contributed by atoms with E-state index in [-0.39, 0.29) is 12.2 Å². The molecule has 2 atom stereocenters. The van der Waals surface area contributed by atoms with Gasteiger partial charge < -0.3 is 25.4 Å². The highest BCUT2D eigenvalue weighted by Crippen LogP contribution is 2.31. The van der Waals surface area contributed by atoms with Crippen molar-refractivity contribution in [1.82, 2.24) is 10.2 Å². The summed E-state index contributed by atoms with van der Waals surface area (Å²) in [7, 11) is 0. The Labute approximate surface area is 253 Å². The van der Waals surface area contributed by atoms with Crippen LogP contribution in [0.1, 0.15) is 60.2 Å². The second kappa shape index (κ2) is 13.9. The summed E-state index contributed by atoms with van der Waals surface area (Å²) in [5.74, 6) is -1.07. The van der Waals surface area contributed by atoms with Gasteiger partial charge in [-0.2, -0.15) is 5.26 Å². The van der Waals surface area contributed by atoms with Gasteiger partial charge in [-0.15, -0.1) is 0 Å². The summed E-state index contributed by atoms with van der Waals surface area (Å²) < 4.78 is 5.45. The molecule has 0 aromatic heterocycles. The fourth-order valence-corrected chi connectivity index (χ4v) is 4.98. The lowest BCUT2D eigenvalue weighted by Gasteiger charge is -2.34. The predicted octanol–water partition coefficient (Wildman–Crippen LogP) is 5.79. The molecule has 3 aromatic rings. The van der Waals surface area contributed by atoms with Crippen molar-refractivity contribution in [3.8, 4) is 11.8 Å². The van der Waals surface area contributed by atoms with Gasteiger partial charge in [-0.1, -0.05) is 48.5 Å². The van der Waals surface area contributed by atoms with Crippen LogP contribution in [0.25, 0.3) is 0 Å². The van der Waals surface area contributed by atoms with Gasteiger partial charge in [0.2, 0.25) is 5.91 Å². The first-order valence-electron chi connectivity index (χ1n) is 14.1. The van der Waals surface area contributed by atoms with E-state index in [1.807, 2.05) is 70.2 Å². The average Bonchev–Trinajstić information content (AvgIpc) is 2.91. The first-order valence-corrected chi connectivity index (χ1v) is 14.1. The highest BCUT2D eigenvalue weighted by molar-refractivity contribution is 6.00. The number of phenolic OH excluding ortho intramolecular Hbond substituents is 1. The smallest absolute Gasteiger partial charge is 0.408 e. The highest BCUT2D eigenvalue weighted by atomic mass is 16.6. The fraction of sp³-hybridized carbons (Fsp3) is 0.353. The third-order valence-corrected chi connectivity index (χ3v) is 6.99. The highest BCUT2D eigenvalue weighted by Gasteiger charge is 2.38. The Morgan fingerprint density at radius 1 is 0.907 bits per heavy atom. The minimum absolute atomic E-state index is 0.0261. The molecule has 0 aliphatic carbocycles. The lowest BCUT2D eigenvalue weighted by atomic mass is 9.93. The summed E-state index contributed by atoms with van der Waals surface area (Å²) in [4.78, 5) is 42.7. The molecular weight excluding hydrogens is 544 g/mol. The maximum absolute atomic E-state index is 14.4. The number of phenols is 1. The Kier molecular flexibility index (Phi) is 10.5. The molecule has 9 heteroatoms. The quantitative estimate of drug-likeness (QED) is 0.273. The van der Waals surface area contributed by atoms with Crippen molar-refractivity contribution in [1.29, 1.82) is 5.26 Å². The molecule has 0 aliphatic heterocycles. The molecule has 3 amide bonds. The van der Waals surface area contributed by atoms with Gasteiger partial charge in [0.1, 0.15) is 30.0 Å². The molecule has 2 unspecified atom stereocenters. The third-order valence-electron chi connectivity index (χ3n) is 6.99. The average molecular weight is 585 g/mol. The summed E-state index contributed by atoms with van der Waals surface area (Å²) in [6.07, 6.45) is -0.789. The van der Waals surface area contributed by atoms with Crippen LogP contribution in [0.15, 0.2) is 60.7 Å². The van der Waals surface area contributed by atoms with Crippen LogP contribution in [0, 0.1) is 39.0 Å². The number of nitriles is 1. The van der Waals surface area contributed by atoms with Gasteiger partial charge in [0.25, 0.3) is 5.91 Å². The number of para-hydroxylation sites is 1. The minimum Gasteiger partial charge on any atom is -0.508 e. The zero-order valence-corrected chi connectivity index (χ0v) is 25.8. The van der Waals surface area contributed by atoms with E-state index < -0.39 is 42.1 Å². The van der Waals surface area contributed by atoms with Crippen molar-refractivity contribution in [2.24, 2.45) is 0 Å². The number of carbonyl (C=O) groups excluding carboxylic acids is 3. The molecule has 0 heterocycles. The van der Waals surface area contributed by atoms with Gasteiger partial charge in [0.15, 0.2) is 0 Å². The maximum Gasteiger partial charge on any atom is 0.408 e. The van der Waals surface area contributed by atoms with Crippen LogP contribution in [0.4, 0.5) is 10.5 Å². The van der Waals surface area contributed by atoms with E-state index in [2.05, 4.69) is 10.6 Å². The zero-order chi connectivity index (χ0) is 31.9. The number of alkyl carbamates (subject to hydrolysis) is 1. The second-order valence-electron chi connectivity index (χ2n) is 11.7. The summed E-state index contributed by atoms with van der Waals surface area (Å²) in [5, 5.41) is 25.3. The maximum atomic E-state index is 14.4. The Balaban J connectivity index is 2.13. The summed E-state index contributed by atoms with van der Waals surface area (Å²) in [6.45, 7) is 12.2. The van der Waals surface area contributed by atoms with E-state index in [1.165, 1.54) is 17.0 Å². The Bertz CT molecular complexity index is 1480. The topological polar surface area (TPSA) is 132 Å². The van der Waals surface area contributed by atoms with Gasteiger partial charge in [-0.05, 0) is 94.0 Å². The van der Waals surface area contributed by atoms with Gasteiger partial charge in [0.05, 0.1) is 6.07 Å². The number of amides is 3. The van der Waals surface area contributed by atoms with Crippen LogP contribution in [-0.2, 0) is 20.7 Å². The molecule has 43 heavy (non-hydrogen) atoms. The Morgan fingerprint density at radius 3 is 1.95 bits per heavy atom. The fourth-order valence-electron chi connectivity index (χ4n) is 4.98. The molecular formula is C34H40N4O5. The molecule has 3 N–H and O–H groups in total. The monoisotopic (exact) mass is 584 g/mol. The summed E-state index contributed by atoms with van der Waals surface area (Å²) >= 11 is 0. The normalized spacial score (nSPS) is 12.4. The molecule has 0 saturated heterocycles. The van der Waals surface area contributed by atoms with Gasteiger partial charge in [-0.25, -0.2) is 4.79 Å². The van der Waals surface area contributed by atoms with Crippen LogP contribution in [0.3, 0.4) is 0 Å². The number of nitrogens with zero attached hydrogens (tertiary/aromatic N) is 2. The number of anilines is 1. The zero-order valence-electron chi connectivity index (χ0n) is 25.8. The lowest BCUT2D eigenvalue weighted by Crippen LogP contribution is -2.53. The number of aryl methyl sites for hydroxylation is 4. The van der Waals surface area contributed by atoms with Crippen molar-refractivity contribution in [3.63, 3.8) is 0 Å². The van der Waals surface area contributed by atoms with Gasteiger partial charge in [-0.3, -0.25) is 9.59 Å². The van der Waals surface area contributed by atoms with Crippen LogP contribution in [0.2, 0.25) is 0 Å². The Morgan fingerprint density at radius 2 is 1.44 bits per heavy atom. The van der Waals surface area contributed by atoms with E-state index >= 15 is 0 Å². The van der Waals surface area contributed by atoms with E-state index in [9.17, 15) is 24.8 Å². The SMILES string of the molecule is Cc1cccc(C)c1NC(=O)C(c1c(C)cccc1C)N(CC#N)C(=O)C(Cc1ccc(O)cc1)NC(=O)OC(C)(C)C. The standard InChI is InChI=1S/C34H40N4O5/c1-21-10-8-11-22(2)28(21)30(31(40)37-29-23(3)12-9-13-24(29)4)38(19-18-35)32(41)27(36-33(42)43-34(5,6)7)20-25-14-16-26(39)17-15-25/h8-17,27,30,39H,19-20H2,1-7H3,(H,36,42)(H,37,40). The minimum atomic E-state index is -1.19. The van der Waals surface area contributed by atoms with Gasteiger partial charge in [0, 0.05) is 12.1 Å². The number of hydrogen-bond acceptors (Lipinski definition) is 6. The summed E-state index contributed by atoms with van der Waals surface area (Å²) in [6, 6.07) is 17.1. The van der Waals surface area contributed by atoms with Gasteiger partial charge >= 0.3 is 6.09 Å². The third kappa shape index (κ3) is 8.58. The molecule has 0 saturated carbocycles. The largest absolute Gasteiger partial charge is 0.508 e. The molecule has 226 valence electrons.